The summed E-state index contributed by atoms with van der Waals surface area (Å²) in [5.74, 6) is -0.232. The van der Waals surface area contributed by atoms with Crippen molar-refractivity contribution in [1.82, 2.24) is 5.32 Å². The van der Waals surface area contributed by atoms with Crippen LogP contribution in [0.1, 0.15) is 70.8 Å². The zero-order valence-electron chi connectivity index (χ0n) is 23.3. The van der Waals surface area contributed by atoms with Crippen molar-refractivity contribution in [3.8, 4) is 0 Å². The molecule has 1 aliphatic heterocycles. The number of benzene rings is 1. The maximum absolute atomic E-state index is 12.9. The van der Waals surface area contributed by atoms with E-state index in [-0.39, 0.29) is 39.8 Å². The molecule has 0 unspecified atom stereocenters. The van der Waals surface area contributed by atoms with Gasteiger partial charge < -0.3 is 14.2 Å². The molecule has 0 saturated carbocycles. The van der Waals surface area contributed by atoms with Crippen LogP contribution in [0.15, 0.2) is 24.3 Å². The van der Waals surface area contributed by atoms with E-state index in [1.807, 2.05) is 31.2 Å². The van der Waals surface area contributed by atoms with E-state index in [0.29, 0.717) is 18.6 Å². The van der Waals surface area contributed by atoms with E-state index in [9.17, 15) is 9.59 Å². The van der Waals surface area contributed by atoms with Crippen molar-refractivity contribution in [2.45, 2.75) is 110 Å². The Morgan fingerprint density at radius 1 is 0.971 bits per heavy atom. The van der Waals surface area contributed by atoms with Crippen molar-refractivity contribution in [1.29, 1.82) is 0 Å². The molecule has 1 heterocycles. The Bertz CT molecular complexity index is 866. The normalized spacial score (nSPS) is 20.5. The molecular formula is C27H47NO4Si2. The average Bonchev–Trinajstić information content (AvgIpc) is 2.65. The topological polar surface area (TPSA) is 64.6 Å². The highest BCUT2D eigenvalue weighted by Gasteiger charge is 2.47. The quantitative estimate of drug-likeness (QED) is 0.229. The number of carbonyl (C=O) groups excluding carboxylic acids is 2. The van der Waals surface area contributed by atoms with Gasteiger partial charge in [-0.1, -0.05) is 65.8 Å². The third kappa shape index (κ3) is 6.89. The van der Waals surface area contributed by atoms with Crippen LogP contribution in [0.25, 0.3) is 0 Å². The van der Waals surface area contributed by atoms with Crippen molar-refractivity contribution in [3.63, 3.8) is 0 Å². The highest BCUT2D eigenvalue weighted by molar-refractivity contribution is 6.74. The number of nitrogens with one attached hydrogen (secondary N) is 1. The molecule has 2 rings (SSSR count). The molecule has 5 nitrogen and oxygen atoms in total. The molecule has 0 aromatic heterocycles. The highest BCUT2D eigenvalue weighted by Crippen LogP contribution is 2.39. The first-order valence-corrected chi connectivity index (χ1v) is 18.4. The van der Waals surface area contributed by atoms with Crippen LogP contribution in [0.4, 0.5) is 0 Å². The zero-order chi connectivity index (χ0) is 26.1. The molecule has 1 aliphatic rings. The SMILES string of the molecule is C[C@@H](O[Si](C)(C)C(C)(C)C)[C@H]1C(=O)N[C@@H]1CC(=O)c1ccc(CCO[Si](C)(C)C(C)(C)C)cc1. The first-order valence-electron chi connectivity index (χ1n) is 12.6. The number of hydrogen-bond donors (Lipinski definition) is 1. The van der Waals surface area contributed by atoms with E-state index in [1.165, 1.54) is 5.56 Å². The van der Waals surface area contributed by atoms with Gasteiger partial charge in [-0.05, 0) is 55.2 Å². The van der Waals surface area contributed by atoms with Gasteiger partial charge in [-0.15, -0.1) is 0 Å². The van der Waals surface area contributed by atoms with Crippen molar-refractivity contribution in [2.24, 2.45) is 5.92 Å². The molecular weight excluding hydrogens is 458 g/mol. The van der Waals surface area contributed by atoms with Crippen LogP contribution in [0.3, 0.4) is 0 Å². The number of amides is 1. The van der Waals surface area contributed by atoms with E-state index < -0.39 is 16.6 Å². The lowest BCUT2D eigenvalue weighted by Crippen LogP contribution is -2.64. The first-order chi connectivity index (χ1) is 15.4. The summed E-state index contributed by atoms with van der Waals surface area (Å²) in [4.78, 5) is 25.2. The molecule has 1 aromatic rings. The summed E-state index contributed by atoms with van der Waals surface area (Å²) in [6.07, 6.45) is 0.940. The molecule has 7 heteroatoms. The number of rotatable bonds is 10. The molecule has 192 valence electrons. The number of β-lactam (4-membered cyclic amide) rings is 1. The summed E-state index contributed by atoms with van der Waals surface area (Å²) in [5, 5.41) is 3.20. The molecule has 0 aliphatic carbocycles. The van der Waals surface area contributed by atoms with E-state index in [2.05, 4.69) is 73.0 Å². The van der Waals surface area contributed by atoms with Gasteiger partial charge in [-0.25, -0.2) is 0 Å². The molecule has 1 amide bonds. The third-order valence-electron chi connectivity index (χ3n) is 8.20. The minimum atomic E-state index is -1.99. The van der Waals surface area contributed by atoms with E-state index in [0.717, 1.165) is 6.42 Å². The third-order valence-corrected chi connectivity index (χ3v) is 17.3. The molecule has 0 bridgehead atoms. The Hall–Kier alpha value is -1.29. The predicted octanol–water partition coefficient (Wildman–Crippen LogP) is 6.35. The van der Waals surface area contributed by atoms with Gasteiger partial charge in [0.05, 0.1) is 18.1 Å². The minimum Gasteiger partial charge on any atom is -0.416 e. The van der Waals surface area contributed by atoms with Gasteiger partial charge in [0.1, 0.15) is 0 Å². The minimum absolute atomic E-state index is 0.0129. The Kier molecular flexibility index (Phi) is 8.83. The number of hydrogen-bond acceptors (Lipinski definition) is 4. The van der Waals surface area contributed by atoms with Crippen molar-refractivity contribution >= 4 is 28.3 Å². The number of carbonyl (C=O) groups is 2. The van der Waals surface area contributed by atoms with Gasteiger partial charge in [0, 0.05) is 18.6 Å². The fourth-order valence-electron chi connectivity index (χ4n) is 3.70. The van der Waals surface area contributed by atoms with Crippen LogP contribution in [-0.4, -0.2) is 47.1 Å². The fourth-order valence-corrected chi connectivity index (χ4v) is 6.18. The molecule has 1 aromatic carbocycles. The van der Waals surface area contributed by atoms with Gasteiger partial charge in [0.15, 0.2) is 22.4 Å². The summed E-state index contributed by atoms with van der Waals surface area (Å²) < 4.78 is 12.7. The second kappa shape index (κ2) is 10.4. The van der Waals surface area contributed by atoms with Gasteiger partial charge in [-0.3, -0.25) is 9.59 Å². The van der Waals surface area contributed by atoms with Gasteiger partial charge >= 0.3 is 0 Å². The maximum Gasteiger partial charge on any atom is 0.228 e. The molecule has 1 saturated heterocycles. The average molecular weight is 506 g/mol. The monoisotopic (exact) mass is 505 g/mol. The summed E-state index contributed by atoms with van der Waals surface area (Å²) in [7, 11) is -3.74. The standard InChI is InChI=1S/C27H47NO4Si2/c1-19(32-34(10,11)27(5,6)7)24-22(28-25(24)30)18-23(29)21-14-12-20(13-15-21)16-17-31-33(8,9)26(2,3)4/h12-15,19,22,24H,16-18H2,1-11H3,(H,28,30)/t19-,22-,24-/m1/s1. The lowest BCUT2D eigenvalue weighted by molar-refractivity contribution is -0.139. The molecule has 1 fully saturated rings. The lowest BCUT2D eigenvalue weighted by Gasteiger charge is -2.45. The Balaban J connectivity index is 1.92. The Labute approximate surface area is 209 Å². The zero-order valence-corrected chi connectivity index (χ0v) is 25.3. The highest BCUT2D eigenvalue weighted by atomic mass is 28.4. The summed E-state index contributed by atoms with van der Waals surface area (Å²) >= 11 is 0. The van der Waals surface area contributed by atoms with Crippen LogP contribution < -0.4 is 5.32 Å². The number of Topliss-reactive ketones (excluding diaryl/α,β-unsaturated/α-hetero) is 1. The summed E-state index contributed by atoms with van der Waals surface area (Å²) in [6, 6.07) is 7.66. The molecule has 1 N–H and O–H groups in total. The Morgan fingerprint density at radius 3 is 1.97 bits per heavy atom. The van der Waals surface area contributed by atoms with Crippen molar-refractivity contribution < 1.29 is 18.4 Å². The fraction of sp³-hybridized carbons (Fsp3) is 0.704. The molecule has 0 radical (unpaired) electrons. The van der Waals surface area contributed by atoms with Crippen LogP contribution in [0.2, 0.25) is 36.3 Å². The van der Waals surface area contributed by atoms with Crippen LogP contribution in [-0.2, 0) is 20.1 Å². The molecule has 0 spiro atoms. The van der Waals surface area contributed by atoms with Crippen LogP contribution in [0.5, 0.6) is 0 Å². The largest absolute Gasteiger partial charge is 0.416 e. The van der Waals surface area contributed by atoms with Crippen LogP contribution >= 0.6 is 0 Å². The number of ketones is 1. The molecule has 34 heavy (non-hydrogen) atoms. The predicted molar refractivity (Wildman–Crippen MR) is 145 cm³/mol. The first kappa shape index (κ1) is 28.9. The molecule has 3 atom stereocenters. The van der Waals surface area contributed by atoms with Crippen molar-refractivity contribution in [2.75, 3.05) is 6.61 Å². The van der Waals surface area contributed by atoms with Gasteiger partial charge in [-0.2, -0.15) is 0 Å². The summed E-state index contributed by atoms with van der Waals surface area (Å²) in [5.41, 5.74) is 1.86. The smallest absolute Gasteiger partial charge is 0.228 e. The second-order valence-corrected chi connectivity index (χ2v) is 22.5. The summed E-state index contributed by atoms with van der Waals surface area (Å²) in [6.45, 7) is 24.9. The lowest BCUT2D eigenvalue weighted by atomic mass is 9.82. The van der Waals surface area contributed by atoms with E-state index >= 15 is 0 Å². The second-order valence-electron chi connectivity index (χ2n) is 12.9. The van der Waals surface area contributed by atoms with Gasteiger partial charge in [0.25, 0.3) is 0 Å². The van der Waals surface area contributed by atoms with E-state index in [4.69, 9.17) is 8.85 Å². The maximum atomic E-state index is 12.9. The van der Waals surface area contributed by atoms with Crippen molar-refractivity contribution in [3.05, 3.63) is 35.4 Å². The van der Waals surface area contributed by atoms with Gasteiger partial charge in [0.2, 0.25) is 5.91 Å². The Morgan fingerprint density at radius 2 is 1.50 bits per heavy atom. The van der Waals surface area contributed by atoms with Crippen LogP contribution in [0, 0.1) is 5.92 Å². The van der Waals surface area contributed by atoms with E-state index in [1.54, 1.807) is 0 Å².